The summed E-state index contributed by atoms with van der Waals surface area (Å²) in [5, 5.41) is 0.660. The van der Waals surface area contributed by atoms with Gasteiger partial charge in [-0.05, 0) is 78.3 Å². The number of piperidine rings is 1. The van der Waals surface area contributed by atoms with Crippen LogP contribution in [0.4, 0.5) is 8.78 Å². The van der Waals surface area contributed by atoms with Gasteiger partial charge in [-0.2, -0.15) is 4.31 Å². The first-order valence-electron chi connectivity index (χ1n) is 16.7. The van der Waals surface area contributed by atoms with Gasteiger partial charge in [-0.15, -0.1) is 0 Å². The molecule has 3 aliphatic rings. The van der Waals surface area contributed by atoms with E-state index in [1.807, 2.05) is 53.4 Å². The molecule has 0 radical (unpaired) electrons. The largest absolute Gasteiger partial charge is 0.493 e. The Bertz CT molecular complexity index is 1650. The van der Waals surface area contributed by atoms with Gasteiger partial charge >= 0.3 is 0 Å². The van der Waals surface area contributed by atoms with Crippen molar-refractivity contribution in [1.29, 1.82) is 0 Å². The molecule has 2 aliphatic heterocycles. The number of carbonyl (C=O) groups is 1. The van der Waals surface area contributed by atoms with Crippen molar-refractivity contribution in [2.24, 2.45) is 11.7 Å². The summed E-state index contributed by atoms with van der Waals surface area (Å²) in [6.07, 6.45) is 5.87. The maximum Gasteiger partial charge on any atom is 0.280 e. The van der Waals surface area contributed by atoms with Crippen LogP contribution in [0.2, 0.25) is 5.02 Å². The van der Waals surface area contributed by atoms with Crippen molar-refractivity contribution in [3.63, 3.8) is 0 Å². The van der Waals surface area contributed by atoms with Gasteiger partial charge in [0.2, 0.25) is 15.9 Å². The first kappa shape index (κ1) is 34.8. The highest BCUT2D eigenvalue weighted by Crippen LogP contribution is 2.31. The van der Waals surface area contributed by atoms with Crippen LogP contribution in [0.5, 0.6) is 5.75 Å². The minimum Gasteiger partial charge on any atom is -0.493 e. The van der Waals surface area contributed by atoms with Crippen LogP contribution < -0.4 is 10.5 Å². The molecule has 2 N–H and O–H groups in total. The zero-order chi connectivity index (χ0) is 33.9. The number of halogens is 3. The molecule has 2 heterocycles. The first-order valence-corrected chi connectivity index (χ1v) is 18.6. The zero-order valence-electron chi connectivity index (χ0n) is 26.9. The number of hydrogen-bond acceptors (Lipinski definition) is 6. The van der Waals surface area contributed by atoms with Gasteiger partial charge in [-0.1, -0.05) is 67.3 Å². The van der Waals surface area contributed by atoms with E-state index in [-0.39, 0.29) is 31.0 Å². The number of ether oxygens (including phenoxy) is 1. The topological polar surface area (TPSA) is 96.2 Å². The van der Waals surface area contributed by atoms with E-state index in [2.05, 4.69) is 0 Å². The maximum atomic E-state index is 14.7. The molecular formula is C36H43ClF2N4O4S. The lowest BCUT2D eigenvalue weighted by molar-refractivity contribution is -0.149. The van der Waals surface area contributed by atoms with E-state index in [0.29, 0.717) is 36.4 Å². The molecule has 3 fully saturated rings. The third kappa shape index (κ3) is 8.03. The van der Waals surface area contributed by atoms with E-state index in [1.54, 1.807) is 12.1 Å². The lowest BCUT2D eigenvalue weighted by Crippen LogP contribution is -2.64. The Labute approximate surface area is 286 Å². The molecule has 2 unspecified atom stereocenters. The molecule has 0 aromatic heterocycles. The summed E-state index contributed by atoms with van der Waals surface area (Å²) >= 11 is 6.03. The normalized spacial score (nSPS) is 22.8. The lowest BCUT2D eigenvalue weighted by atomic mass is 9.90. The molecule has 2 atom stereocenters. The molecule has 48 heavy (non-hydrogen) atoms. The number of amides is 1. The Morgan fingerprint density at radius 1 is 0.875 bits per heavy atom. The van der Waals surface area contributed by atoms with Crippen molar-refractivity contribution in [3.05, 3.63) is 83.4 Å². The number of nitrogens with zero attached hydrogens (tertiary/aromatic N) is 3. The second-order valence-electron chi connectivity index (χ2n) is 13.3. The molecule has 0 bridgehead atoms. The highest BCUT2D eigenvalue weighted by Gasteiger charge is 2.48. The smallest absolute Gasteiger partial charge is 0.280 e. The van der Waals surface area contributed by atoms with Gasteiger partial charge in [-0.25, -0.2) is 17.2 Å². The second-order valence-corrected chi connectivity index (χ2v) is 15.6. The van der Waals surface area contributed by atoms with E-state index >= 15 is 0 Å². The van der Waals surface area contributed by atoms with Crippen LogP contribution in [0.3, 0.4) is 0 Å². The first-order chi connectivity index (χ1) is 23.0. The Hall–Kier alpha value is -3.09. The molecule has 258 valence electrons. The quantitative estimate of drug-likeness (QED) is 0.293. The predicted molar refractivity (Wildman–Crippen MR) is 182 cm³/mol. The summed E-state index contributed by atoms with van der Waals surface area (Å²) < 4.78 is 64.6. The third-order valence-corrected chi connectivity index (χ3v) is 12.0. The number of carbonyl (C=O) groups excluding carboxylic acids is 1. The molecule has 3 aromatic rings. The monoisotopic (exact) mass is 700 g/mol. The van der Waals surface area contributed by atoms with Gasteiger partial charge in [0, 0.05) is 37.7 Å². The molecular weight excluding hydrogens is 658 g/mol. The summed E-state index contributed by atoms with van der Waals surface area (Å²) in [5.41, 5.74) is 8.67. The fourth-order valence-electron chi connectivity index (χ4n) is 6.93. The predicted octanol–water partition coefficient (Wildman–Crippen LogP) is 6.04. The Balaban J connectivity index is 1.18. The Morgan fingerprint density at radius 3 is 2.17 bits per heavy atom. The summed E-state index contributed by atoms with van der Waals surface area (Å²) in [6, 6.07) is 19.3. The van der Waals surface area contributed by atoms with Crippen LogP contribution >= 0.6 is 11.6 Å². The highest BCUT2D eigenvalue weighted by atomic mass is 35.5. The average molecular weight is 701 g/mol. The minimum absolute atomic E-state index is 0.0301. The fraction of sp³-hybridized carbons (Fsp3) is 0.472. The molecule has 0 spiro atoms. The molecule has 1 amide bonds. The number of sulfonamides is 1. The van der Waals surface area contributed by atoms with Crippen LogP contribution in [-0.2, 0) is 21.4 Å². The Morgan fingerprint density at radius 2 is 1.52 bits per heavy atom. The van der Waals surface area contributed by atoms with Crippen molar-refractivity contribution in [2.45, 2.75) is 68.0 Å². The number of benzene rings is 3. The van der Waals surface area contributed by atoms with E-state index in [0.717, 1.165) is 34.4 Å². The third-order valence-electron chi connectivity index (χ3n) is 9.84. The molecule has 8 nitrogen and oxygen atoms in total. The van der Waals surface area contributed by atoms with Crippen molar-refractivity contribution in [3.8, 4) is 16.9 Å². The fourth-order valence-corrected chi connectivity index (χ4v) is 8.62. The molecule has 6 rings (SSSR count). The highest BCUT2D eigenvalue weighted by molar-refractivity contribution is 7.89. The number of hydrogen-bond donors (Lipinski definition) is 1. The Kier molecular flexibility index (Phi) is 10.7. The molecule has 1 aliphatic carbocycles. The van der Waals surface area contributed by atoms with Crippen LogP contribution in [0.15, 0.2) is 77.7 Å². The van der Waals surface area contributed by atoms with Crippen LogP contribution in [0.1, 0.15) is 44.1 Å². The van der Waals surface area contributed by atoms with E-state index in [4.69, 9.17) is 22.1 Å². The average Bonchev–Trinajstić information content (AvgIpc) is 3.09. The van der Waals surface area contributed by atoms with Crippen molar-refractivity contribution in [2.75, 3.05) is 39.3 Å². The molecule has 1 saturated carbocycles. The standard InChI is InChI=1S/C36H43ClF2N4O4S/c37-30-12-10-29(11-13-30)28-8-6-26(7-9-28)22-41-20-21-43(33(23-41)35(44)42-19-18-34(40)36(38,39)25-42)48(45,46)32-16-14-31(15-17-32)47-24-27-4-2-1-3-5-27/h6-17,27,33-34H,1-5,18-25,40H2. The second kappa shape index (κ2) is 14.8. The van der Waals surface area contributed by atoms with Crippen molar-refractivity contribution < 1.29 is 26.7 Å². The number of nitrogens with two attached hydrogens (primary N) is 1. The van der Waals surface area contributed by atoms with Crippen LogP contribution in [0.25, 0.3) is 11.1 Å². The van der Waals surface area contributed by atoms with Gasteiger partial charge in [0.25, 0.3) is 5.92 Å². The molecule has 2 saturated heterocycles. The van der Waals surface area contributed by atoms with E-state index in [1.165, 1.54) is 35.7 Å². The van der Waals surface area contributed by atoms with Gasteiger partial charge in [0.05, 0.1) is 24.1 Å². The van der Waals surface area contributed by atoms with Crippen LogP contribution in [0, 0.1) is 5.92 Å². The van der Waals surface area contributed by atoms with Gasteiger partial charge < -0.3 is 15.4 Å². The van der Waals surface area contributed by atoms with Crippen LogP contribution in [-0.4, -0.2) is 85.8 Å². The van der Waals surface area contributed by atoms with E-state index in [9.17, 15) is 22.0 Å². The summed E-state index contributed by atoms with van der Waals surface area (Å²) in [6.45, 7) is 0.728. The van der Waals surface area contributed by atoms with Crippen molar-refractivity contribution in [1.82, 2.24) is 14.1 Å². The number of rotatable bonds is 9. The SMILES string of the molecule is NC1CCN(C(=O)C2CN(Cc3ccc(-c4ccc(Cl)cc4)cc3)CCN2S(=O)(=O)c2ccc(OCC3CCCCC3)cc2)CC1(F)F. The summed E-state index contributed by atoms with van der Waals surface area (Å²) in [7, 11) is -4.14. The van der Waals surface area contributed by atoms with Crippen molar-refractivity contribution >= 4 is 27.5 Å². The maximum absolute atomic E-state index is 14.7. The van der Waals surface area contributed by atoms with Gasteiger partial charge in [0.1, 0.15) is 11.8 Å². The van der Waals surface area contributed by atoms with Gasteiger partial charge in [0.15, 0.2) is 0 Å². The minimum atomic E-state index is -4.14. The number of piperazine rings is 1. The summed E-state index contributed by atoms with van der Waals surface area (Å²) in [4.78, 5) is 17.0. The zero-order valence-corrected chi connectivity index (χ0v) is 28.5. The summed E-state index contributed by atoms with van der Waals surface area (Å²) in [5.74, 6) is -2.81. The lowest BCUT2D eigenvalue weighted by Gasteiger charge is -2.43. The molecule has 12 heteroatoms. The van der Waals surface area contributed by atoms with Gasteiger partial charge in [-0.3, -0.25) is 9.69 Å². The number of likely N-dealkylation sites (tertiary alicyclic amines) is 1. The van der Waals surface area contributed by atoms with E-state index < -0.39 is 40.5 Å². The number of alkyl halides is 2. The molecule has 3 aromatic carbocycles.